The van der Waals surface area contributed by atoms with Crippen LogP contribution in [0.1, 0.15) is 43.2 Å². The van der Waals surface area contributed by atoms with Gasteiger partial charge in [-0.05, 0) is 49.6 Å². The first-order valence-corrected chi connectivity index (χ1v) is 7.80. The number of hydrogen-bond acceptors (Lipinski definition) is 4. The maximum Gasteiger partial charge on any atom is 0.120 e. The first-order valence-electron chi connectivity index (χ1n) is 7.80. The van der Waals surface area contributed by atoms with Crippen molar-refractivity contribution in [3.05, 3.63) is 54.0 Å². The van der Waals surface area contributed by atoms with Gasteiger partial charge in [0.2, 0.25) is 0 Å². The number of aliphatic hydroxyl groups excluding tert-OH is 1. The second kappa shape index (κ2) is 6.55. The zero-order chi connectivity index (χ0) is 15.5. The van der Waals surface area contributed by atoms with E-state index in [0.717, 1.165) is 17.1 Å². The molecule has 0 aliphatic heterocycles. The molecule has 0 radical (unpaired) electrons. The number of rotatable bonds is 7. The van der Waals surface area contributed by atoms with Crippen LogP contribution < -0.4 is 4.74 Å². The fourth-order valence-electron chi connectivity index (χ4n) is 2.88. The van der Waals surface area contributed by atoms with Gasteiger partial charge in [0.05, 0.1) is 25.5 Å². The molecule has 1 fully saturated rings. The minimum atomic E-state index is -0.534. The summed E-state index contributed by atoms with van der Waals surface area (Å²) in [5.74, 6) is 1.72. The number of nitrogens with zero attached hydrogens (tertiary/aromatic N) is 1. The first-order chi connectivity index (χ1) is 10.7. The molecule has 2 aromatic rings. The van der Waals surface area contributed by atoms with E-state index < -0.39 is 6.10 Å². The highest BCUT2D eigenvalue weighted by atomic mass is 16.5. The maximum atomic E-state index is 10.6. The van der Waals surface area contributed by atoms with E-state index in [1.807, 2.05) is 36.4 Å². The third-order valence-corrected chi connectivity index (χ3v) is 4.33. The summed E-state index contributed by atoms with van der Waals surface area (Å²) < 4.78 is 10.8. The molecule has 4 nitrogen and oxygen atoms in total. The minimum Gasteiger partial charge on any atom is -0.497 e. The normalized spacial score (nSPS) is 17.5. The highest BCUT2D eigenvalue weighted by Gasteiger charge is 2.35. The Balaban J connectivity index is 1.73. The monoisotopic (exact) mass is 301 g/mol. The Hall–Kier alpha value is -1.78. The fourth-order valence-corrected chi connectivity index (χ4v) is 2.88. The van der Waals surface area contributed by atoms with Gasteiger partial charge in [-0.1, -0.05) is 12.1 Å². The molecule has 0 saturated heterocycles. The second-order valence-corrected chi connectivity index (χ2v) is 5.91. The van der Waals surface area contributed by atoms with Crippen molar-refractivity contribution < 1.29 is 14.3 Å². The average Bonchev–Trinajstić information content (AvgIpc) is 3.24. The number of aliphatic hydroxyl groups is 1. The number of methoxy groups -OCH3 is 1. The Morgan fingerprint density at radius 2 is 2.14 bits per heavy atom. The molecule has 22 heavy (non-hydrogen) atoms. The van der Waals surface area contributed by atoms with Gasteiger partial charge < -0.3 is 14.3 Å². The fraction of sp³-hybridized carbons (Fsp3) is 0.444. The molecule has 1 heterocycles. The van der Waals surface area contributed by atoms with Crippen molar-refractivity contribution in [3.63, 3.8) is 0 Å². The van der Waals surface area contributed by atoms with Gasteiger partial charge in [0, 0.05) is 12.6 Å². The van der Waals surface area contributed by atoms with Crippen LogP contribution in [0.3, 0.4) is 0 Å². The van der Waals surface area contributed by atoms with Crippen molar-refractivity contribution in [1.82, 2.24) is 4.90 Å². The van der Waals surface area contributed by atoms with E-state index in [9.17, 15) is 5.11 Å². The Labute approximate surface area is 131 Å². The first kappa shape index (κ1) is 15.1. The molecule has 2 unspecified atom stereocenters. The Bertz CT molecular complexity index is 592. The van der Waals surface area contributed by atoms with Gasteiger partial charge in [-0.25, -0.2) is 0 Å². The smallest absolute Gasteiger partial charge is 0.120 e. The van der Waals surface area contributed by atoms with Crippen molar-refractivity contribution in [2.45, 2.75) is 38.0 Å². The predicted octanol–water partition coefficient (Wildman–Crippen LogP) is 3.55. The van der Waals surface area contributed by atoms with E-state index in [1.165, 1.54) is 12.8 Å². The topological polar surface area (TPSA) is 45.8 Å². The summed E-state index contributed by atoms with van der Waals surface area (Å²) in [6, 6.07) is 12.3. The van der Waals surface area contributed by atoms with Gasteiger partial charge in [0.1, 0.15) is 11.5 Å². The second-order valence-electron chi connectivity index (χ2n) is 5.91. The number of ether oxygens (including phenoxy) is 1. The summed E-state index contributed by atoms with van der Waals surface area (Å²) in [7, 11) is 1.64. The van der Waals surface area contributed by atoms with Gasteiger partial charge in [-0.15, -0.1) is 0 Å². The molecule has 1 saturated carbocycles. The summed E-state index contributed by atoms with van der Waals surface area (Å²) in [5.41, 5.74) is 0.886. The van der Waals surface area contributed by atoms with Gasteiger partial charge in [-0.3, -0.25) is 4.90 Å². The lowest BCUT2D eigenvalue weighted by atomic mass is 10.1. The molecule has 1 aromatic carbocycles. The van der Waals surface area contributed by atoms with Crippen molar-refractivity contribution in [3.8, 4) is 5.75 Å². The van der Waals surface area contributed by atoms with Crippen molar-refractivity contribution in [2.24, 2.45) is 0 Å². The summed E-state index contributed by atoms with van der Waals surface area (Å²) in [6.07, 6.45) is 3.55. The van der Waals surface area contributed by atoms with Crippen LogP contribution in [0.15, 0.2) is 47.1 Å². The Morgan fingerprint density at radius 3 is 2.77 bits per heavy atom. The lowest BCUT2D eigenvalue weighted by molar-refractivity contribution is 0.0787. The van der Waals surface area contributed by atoms with E-state index in [1.54, 1.807) is 13.4 Å². The van der Waals surface area contributed by atoms with Gasteiger partial charge in [-0.2, -0.15) is 0 Å². The highest BCUT2D eigenvalue weighted by Crippen LogP contribution is 2.36. The lowest BCUT2D eigenvalue weighted by Gasteiger charge is -2.30. The third-order valence-electron chi connectivity index (χ3n) is 4.33. The summed E-state index contributed by atoms with van der Waals surface area (Å²) >= 11 is 0. The summed E-state index contributed by atoms with van der Waals surface area (Å²) in [5, 5.41) is 10.6. The predicted molar refractivity (Wildman–Crippen MR) is 84.8 cm³/mol. The number of hydrogen-bond donors (Lipinski definition) is 1. The van der Waals surface area contributed by atoms with E-state index in [4.69, 9.17) is 9.15 Å². The van der Waals surface area contributed by atoms with Crippen LogP contribution in [0.25, 0.3) is 0 Å². The quantitative estimate of drug-likeness (QED) is 0.849. The molecule has 2 atom stereocenters. The molecule has 1 aliphatic carbocycles. The molecular weight excluding hydrogens is 278 g/mol. The highest BCUT2D eigenvalue weighted by molar-refractivity contribution is 5.30. The molecule has 0 amide bonds. The van der Waals surface area contributed by atoms with Crippen LogP contribution in [0, 0.1) is 0 Å². The van der Waals surface area contributed by atoms with Crippen molar-refractivity contribution in [2.75, 3.05) is 13.7 Å². The maximum absolute atomic E-state index is 10.6. The third kappa shape index (κ3) is 3.34. The molecule has 0 bridgehead atoms. The van der Waals surface area contributed by atoms with Crippen LogP contribution in [-0.2, 0) is 0 Å². The zero-order valence-electron chi connectivity index (χ0n) is 13.1. The summed E-state index contributed by atoms with van der Waals surface area (Å²) in [4.78, 5) is 2.34. The van der Waals surface area contributed by atoms with Crippen LogP contribution in [0.2, 0.25) is 0 Å². The SMILES string of the molecule is COc1cccc(C(O)CN(C2CC2)C(C)c2ccco2)c1. The van der Waals surface area contributed by atoms with E-state index in [0.29, 0.717) is 12.6 Å². The molecule has 1 N–H and O–H groups in total. The number of furan rings is 1. The largest absolute Gasteiger partial charge is 0.497 e. The molecule has 4 heteroatoms. The Morgan fingerprint density at radius 1 is 1.32 bits per heavy atom. The van der Waals surface area contributed by atoms with Crippen LogP contribution >= 0.6 is 0 Å². The molecule has 3 rings (SSSR count). The number of benzene rings is 1. The van der Waals surface area contributed by atoms with Crippen molar-refractivity contribution in [1.29, 1.82) is 0 Å². The Kier molecular flexibility index (Phi) is 4.50. The van der Waals surface area contributed by atoms with Gasteiger partial charge in [0.25, 0.3) is 0 Å². The van der Waals surface area contributed by atoms with E-state index in [-0.39, 0.29) is 6.04 Å². The lowest BCUT2D eigenvalue weighted by Crippen LogP contribution is -2.33. The standard InChI is InChI=1S/C18H23NO3/c1-13(18-7-4-10-22-18)19(15-8-9-15)12-17(20)14-5-3-6-16(11-14)21-2/h3-7,10-11,13,15,17,20H,8-9,12H2,1-2H3. The summed E-state index contributed by atoms with van der Waals surface area (Å²) in [6.45, 7) is 2.73. The molecule has 1 aliphatic rings. The minimum absolute atomic E-state index is 0.169. The van der Waals surface area contributed by atoms with Crippen LogP contribution in [-0.4, -0.2) is 29.7 Å². The molecule has 0 spiro atoms. The molecule has 118 valence electrons. The zero-order valence-corrected chi connectivity index (χ0v) is 13.1. The molecule has 1 aromatic heterocycles. The van der Waals surface area contributed by atoms with Crippen molar-refractivity contribution >= 4 is 0 Å². The average molecular weight is 301 g/mol. The molecular formula is C18H23NO3. The van der Waals surface area contributed by atoms with E-state index >= 15 is 0 Å². The van der Waals surface area contributed by atoms with E-state index in [2.05, 4.69) is 11.8 Å². The van der Waals surface area contributed by atoms with Crippen LogP contribution in [0.4, 0.5) is 0 Å². The van der Waals surface area contributed by atoms with Gasteiger partial charge >= 0.3 is 0 Å². The van der Waals surface area contributed by atoms with Crippen LogP contribution in [0.5, 0.6) is 5.75 Å². The van der Waals surface area contributed by atoms with Gasteiger partial charge in [0.15, 0.2) is 0 Å².